The van der Waals surface area contributed by atoms with Gasteiger partial charge in [0.05, 0.1) is 6.26 Å². The van der Waals surface area contributed by atoms with Crippen molar-refractivity contribution in [3.05, 3.63) is 41.7 Å². The van der Waals surface area contributed by atoms with E-state index in [4.69, 9.17) is 9.40 Å². The highest BCUT2D eigenvalue weighted by molar-refractivity contribution is 5.74. The predicted octanol–water partition coefficient (Wildman–Crippen LogP) is 2.58. The first kappa shape index (κ1) is 18.2. The highest BCUT2D eigenvalue weighted by Gasteiger charge is 2.22. The van der Waals surface area contributed by atoms with Crippen LogP contribution in [0.3, 0.4) is 0 Å². The molecule has 0 bridgehead atoms. The van der Waals surface area contributed by atoms with Crippen molar-refractivity contribution in [3.63, 3.8) is 0 Å². The molecule has 1 aliphatic heterocycles. The van der Waals surface area contributed by atoms with E-state index >= 15 is 0 Å². The molecule has 7 heteroatoms. The number of rotatable bonds is 5. The van der Waals surface area contributed by atoms with Crippen molar-refractivity contribution in [2.75, 3.05) is 37.6 Å². The number of carbonyl (C=O) groups is 1. The van der Waals surface area contributed by atoms with Gasteiger partial charge in [0.2, 0.25) is 0 Å². The Morgan fingerprint density at radius 3 is 2.69 bits per heavy atom. The quantitative estimate of drug-likeness (QED) is 0.890. The Balaban J connectivity index is 1.50. The number of nitrogens with zero attached hydrogens (tertiary/aromatic N) is 4. The summed E-state index contributed by atoms with van der Waals surface area (Å²) in [5.41, 5.74) is 0.983. The number of hydrogen-bond donors (Lipinski definition) is 1. The van der Waals surface area contributed by atoms with Crippen LogP contribution in [-0.2, 0) is 6.42 Å². The maximum absolute atomic E-state index is 12.3. The number of nitrogens with one attached hydrogen (secondary N) is 1. The Morgan fingerprint density at radius 1 is 1.27 bits per heavy atom. The summed E-state index contributed by atoms with van der Waals surface area (Å²) < 4.78 is 5.28. The van der Waals surface area contributed by atoms with Crippen molar-refractivity contribution in [3.8, 4) is 0 Å². The minimum Gasteiger partial charge on any atom is -0.469 e. The van der Waals surface area contributed by atoms with Gasteiger partial charge in [0.1, 0.15) is 17.4 Å². The molecule has 2 aromatic rings. The Kier molecular flexibility index (Phi) is 5.75. The second kappa shape index (κ2) is 8.21. The molecule has 2 amide bonds. The molecule has 1 N–H and O–H groups in total. The van der Waals surface area contributed by atoms with Gasteiger partial charge < -0.3 is 19.5 Å². The molecule has 0 aromatic carbocycles. The predicted molar refractivity (Wildman–Crippen MR) is 100 cm³/mol. The van der Waals surface area contributed by atoms with E-state index in [1.54, 1.807) is 6.26 Å². The summed E-state index contributed by atoms with van der Waals surface area (Å²) in [6.45, 7) is 9.71. The van der Waals surface area contributed by atoms with Crippen molar-refractivity contribution in [2.45, 2.75) is 33.1 Å². The lowest BCUT2D eigenvalue weighted by molar-refractivity contribution is 0.194. The fourth-order valence-corrected chi connectivity index (χ4v) is 2.99. The summed E-state index contributed by atoms with van der Waals surface area (Å²) >= 11 is 0. The normalized spacial score (nSPS) is 14.8. The lowest BCUT2D eigenvalue weighted by Gasteiger charge is -2.35. The van der Waals surface area contributed by atoms with Gasteiger partial charge in [0.15, 0.2) is 0 Å². The second-order valence-electron chi connectivity index (χ2n) is 6.92. The fraction of sp³-hybridized carbons (Fsp3) is 0.526. The Bertz CT molecular complexity index is 722. The molecular weight excluding hydrogens is 330 g/mol. The van der Waals surface area contributed by atoms with E-state index in [0.717, 1.165) is 36.2 Å². The molecule has 0 unspecified atom stereocenters. The highest BCUT2D eigenvalue weighted by atomic mass is 16.3. The number of aryl methyl sites for hydroxylation is 1. The zero-order valence-corrected chi connectivity index (χ0v) is 15.7. The van der Waals surface area contributed by atoms with Crippen molar-refractivity contribution in [1.82, 2.24) is 20.2 Å². The number of furan rings is 1. The van der Waals surface area contributed by atoms with Gasteiger partial charge in [-0.2, -0.15) is 0 Å². The van der Waals surface area contributed by atoms with Gasteiger partial charge in [-0.15, -0.1) is 0 Å². The van der Waals surface area contributed by atoms with Crippen LogP contribution in [0.4, 0.5) is 10.6 Å². The molecule has 0 aliphatic carbocycles. The van der Waals surface area contributed by atoms with E-state index in [0.29, 0.717) is 32.0 Å². The topological polar surface area (TPSA) is 74.5 Å². The van der Waals surface area contributed by atoms with Crippen LogP contribution in [0.5, 0.6) is 0 Å². The van der Waals surface area contributed by atoms with Crippen LogP contribution < -0.4 is 10.2 Å². The summed E-state index contributed by atoms with van der Waals surface area (Å²) in [6, 6.07) is 5.78. The molecule has 140 valence electrons. The third-order valence-electron chi connectivity index (χ3n) is 4.49. The lowest BCUT2D eigenvalue weighted by Crippen LogP contribution is -2.52. The summed E-state index contributed by atoms with van der Waals surface area (Å²) in [5, 5.41) is 2.96. The molecule has 1 saturated heterocycles. The third-order valence-corrected chi connectivity index (χ3v) is 4.49. The molecule has 3 heterocycles. The van der Waals surface area contributed by atoms with E-state index in [1.807, 2.05) is 30.0 Å². The summed E-state index contributed by atoms with van der Waals surface area (Å²) in [7, 11) is 0. The Hall–Kier alpha value is -2.57. The summed E-state index contributed by atoms with van der Waals surface area (Å²) in [5.74, 6) is 3.02. The Morgan fingerprint density at radius 2 is 2.04 bits per heavy atom. The van der Waals surface area contributed by atoms with Crippen molar-refractivity contribution in [2.24, 2.45) is 0 Å². The van der Waals surface area contributed by atoms with Crippen LogP contribution in [0.2, 0.25) is 0 Å². The Labute approximate surface area is 154 Å². The molecule has 26 heavy (non-hydrogen) atoms. The first-order valence-electron chi connectivity index (χ1n) is 9.18. The molecule has 0 saturated carbocycles. The smallest absolute Gasteiger partial charge is 0.317 e. The average Bonchev–Trinajstić information content (AvgIpc) is 3.14. The highest BCUT2D eigenvalue weighted by Crippen LogP contribution is 2.18. The number of aromatic nitrogens is 2. The first-order valence-corrected chi connectivity index (χ1v) is 9.18. The third kappa shape index (κ3) is 4.53. The van der Waals surface area contributed by atoms with E-state index in [2.05, 4.69) is 29.0 Å². The minimum atomic E-state index is -0.0158. The molecular formula is C19H27N5O2. The van der Waals surface area contributed by atoms with Crippen molar-refractivity contribution < 1.29 is 9.21 Å². The number of carbonyl (C=O) groups excluding carboxylic acids is 1. The average molecular weight is 357 g/mol. The molecule has 1 fully saturated rings. The SMILES string of the molecule is Cc1cc(N2CCN(C(=O)NCCc3ccco3)CC2)nc(C(C)C)n1. The van der Waals surface area contributed by atoms with Crippen LogP contribution in [-0.4, -0.2) is 53.6 Å². The molecule has 7 nitrogen and oxygen atoms in total. The summed E-state index contributed by atoms with van der Waals surface area (Å²) in [4.78, 5) is 25.6. The van der Waals surface area contributed by atoms with Crippen LogP contribution >= 0.6 is 0 Å². The first-order chi connectivity index (χ1) is 12.5. The number of amides is 2. The molecule has 0 radical (unpaired) electrons. The monoisotopic (exact) mass is 357 g/mol. The van der Waals surface area contributed by atoms with Gasteiger partial charge in [0.25, 0.3) is 0 Å². The van der Waals surface area contributed by atoms with Gasteiger partial charge >= 0.3 is 6.03 Å². The van der Waals surface area contributed by atoms with Crippen LogP contribution in [0.1, 0.15) is 37.0 Å². The number of piperazine rings is 1. The van der Waals surface area contributed by atoms with E-state index in [9.17, 15) is 4.79 Å². The van der Waals surface area contributed by atoms with Crippen LogP contribution in [0.15, 0.2) is 28.9 Å². The zero-order valence-electron chi connectivity index (χ0n) is 15.7. The van der Waals surface area contributed by atoms with Gasteiger partial charge in [0, 0.05) is 56.8 Å². The second-order valence-corrected chi connectivity index (χ2v) is 6.92. The minimum absolute atomic E-state index is 0.0158. The molecule has 0 atom stereocenters. The van der Waals surface area contributed by atoms with Crippen molar-refractivity contribution >= 4 is 11.8 Å². The fourth-order valence-electron chi connectivity index (χ4n) is 2.99. The molecule has 0 spiro atoms. The van der Waals surface area contributed by atoms with Gasteiger partial charge in [-0.3, -0.25) is 0 Å². The van der Waals surface area contributed by atoms with Crippen molar-refractivity contribution in [1.29, 1.82) is 0 Å². The lowest BCUT2D eigenvalue weighted by atomic mass is 10.2. The zero-order chi connectivity index (χ0) is 18.5. The number of hydrogen-bond acceptors (Lipinski definition) is 5. The van der Waals surface area contributed by atoms with E-state index in [-0.39, 0.29) is 6.03 Å². The van der Waals surface area contributed by atoms with Crippen LogP contribution in [0.25, 0.3) is 0 Å². The maximum atomic E-state index is 12.3. The molecule has 3 rings (SSSR count). The van der Waals surface area contributed by atoms with E-state index in [1.165, 1.54) is 0 Å². The number of anilines is 1. The molecule has 1 aliphatic rings. The van der Waals surface area contributed by atoms with Crippen LogP contribution in [0, 0.1) is 6.92 Å². The van der Waals surface area contributed by atoms with Gasteiger partial charge in [-0.25, -0.2) is 14.8 Å². The van der Waals surface area contributed by atoms with E-state index < -0.39 is 0 Å². The summed E-state index contributed by atoms with van der Waals surface area (Å²) in [6.07, 6.45) is 2.35. The maximum Gasteiger partial charge on any atom is 0.317 e. The number of urea groups is 1. The standard InChI is InChI=1S/C19H27N5O2/c1-14(2)18-21-15(3)13-17(22-18)23-8-10-24(11-9-23)19(25)20-7-6-16-5-4-12-26-16/h4-5,12-14H,6-11H2,1-3H3,(H,20,25). The largest absolute Gasteiger partial charge is 0.469 e. The van der Waals surface area contributed by atoms with Gasteiger partial charge in [-0.1, -0.05) is 13.8 Å². The van der Waals surface area contributed by atoms with Gasteiger partial charge in [-0.05, 0) is 19.1 Å². The molecule has 2 aromatic heterocycles.